The van der Waals surface area contributed by atoms with Gasteiger partial charge in [-0.15, -0.1) is 0 Å². The number of sulfonamides is 1. The van der Waals surface area contributed by atoms with Gasteiger partial charge in [-0.3, -0.25) is 0 Å². The van der Waals surface area contributed by atoms with Crippen molar-refractivity contribution in [1.29, 1.82) is 0 Å². The molecule has 0 spiro atoms. The molecule has 0 saturated heterocycles. The van der Waals surface area contributed by atoms with Crippen molar-refractivity contribution in [2.24, 2.45) is 0 Å². The highest BCUT2D eigenvalue weighted by molar-refractivity contribution is 7.89. The summed E-state index contributed by atoms with van der Waals surface area (Å²) in [7, 11) is -3.54. The molecular formula is C14H23NO3S. The van der Waals surface area contributed by atoms with Crippen LogP contribution in [-0.4, -0.2) is 25.7 Å². The van der Waals surface area contributed by atoms with Gasteiger partial charge in [-0.1, -0.05) is 25.1 Å². The number of hydrogen-bond acceptors (Lipinski definition) is 3. The van der Waals surface area contributed by atoms with E-state index >= 15 is 0 Å². The lowest BCUT2D eigenvalue weighted by atomic mass is 9.92. The van der Waals surface area contributed by atoms with Gasteiger partial charge >= 0.3 is 0 Å². The summed E-state index contributed by atoms with van der Waals surface area (Å²) in [5, 5.41) is 9.82. The van der Waals surface area contributed by atoms with E-state index in [-0.39, 0.29) is 16.9 Å². The van der Waals surface area contributed by atoms with Crippen molar-refractivity contribution in [3.63, 3.8) is 0 Å². The predicted octanol–water partition coefficient (Wildman–Crippen LogP) is 2.25. The molecule has 0 saturated carbocycles. The zero-order chi connectivity index (χ0) is 14.6. The third-order valence-corrected chi connectivity index (χ3v) is 4.75. The molecule has 1 aromatic rings. The maximum Gasteiger partial charge on any atom is 0.241 e. The average molecular weight is 285 g/mol. The molecule has 19 heavy (non-hydrogen) atoms. The Morgan fingerprint density at radius 2 is 1.79 bits per heavy atom. The van der Waals surface area contributed by atoms with Crippen LogP contribution in [0.25, 0.3) is 0 Å². The average Bonchev–Trinajstić information content (AvgIpc) is 2.28. The van der Waals surface area contributed by atoms with Crippen LogP contribution >= 0.6 is 0 Å². The van der Waals surface area contributed by atoms with Gasteiger partial charge in [0, 0.05) is 12.0 Å². The molecule has 2 unspecified atom stereocenters. The molecular weight excluding hydrogens is 262 g/mol. The van der Waals surface area contributed by atoms with Gasteiger partial charge in [0.15, 0.2) is 0 Å². The van der Waals surface area contributed by atoms with E-state index in [4.69, 9.17) is 0 Å². The number of rotatable bonds is 6. The van der Waals surface area contributed by atoms with Crippen molar-refractivity contribution >= 4 is 10.0 Å². The fourth-order valence-electron chi connectivity index (χ4n) is 2.23. The zero-order valence-corrected chi connectivity index (χ0v) is 12.7. The highest BCUT2D eigenvalue weighted by atomic mass is 32.2. The molecule has 0 aromatic heterocycles. The molecule has 0 aliphatic rings. The zero-order valence-electron chi connectivity index (χ0n) is 11.9. The molecule has 2 N–H and O–H groups in total. The lowest BCUT2D eigenvalue weighted by Gasteiger charge is -2.22. The van der Waals surface area contributed by atoms with Crippen LogP contribution in [0.1, 0.15) is 45.6 Å². The molecule has 0 bridgehead atoms. The number of benzene rings is 1. The minimum absolute atomic E-state index is 0.162. The van der Waals surface area contributed by atoms with Crippen molar-refractivity contribution in [2.45, 2.75) is 57.1 Å². The third-order valence-electron chi connectivity index (χ3n) is 3.02. The molecule has 0 radical (unpaired) electrons. The first-order valence-corrected chi connectivity index (χ1v) is 8.07. The van der Waals surface area contributed by atoms with Gasteiger partial charge in [-0.05, 0) is 38.8 Å². The fourth-order valence-corrected chi connectivity index (χ4v) is 3.76. The van der Waals surface area contributed by atoms with Crippen LogP contribution in [0.3, 0.4) is 0 Å². The summed E-state index contributed by atoms with van der Waals surface area (Å²) in [6, 6.07) is 6.70. The Morgan fingerprint density at radius 1 is 1.21 bits per heavy atom. The van der Waals surface area contributed by atoms with Crippen molar-refractivity contribution in [1.82, 2.24) is 4.72 Å². The Balaban J connectivity index is 3.30. The molecule has 0 heterocycles. The van der Waals surface area contributed by atoms with Crippen molar-refractivity contribution in [3.05, 3.63) is 29.8 Å². The Hall–Kier alpha value is -0.910. The van der Waals surface area contributed by atoms with Crippen LogP contribution < -0.4 is 4.72 Å². The Labute approximate surface area is 115 Å². The van der Waals surface area contributed by atoms with E-state index in [1.807, 2.05) is 6.92 Å². The summed E-state index contributed by atoms with van der Waals surface area (Å²) < 4.78 is 27.2. The normalized spacial score (nSPS) is 15.5. The van der Waals surface area contributed by atoms with E-state index in [0.29, 0.717) is 12.0 Å². The summed E-state index contributed by atoms with van der Waals surface area (Å²) in [6.07, 6.45) is 0.103. The molecule has 4 nitrogen and oxygen atoms in total. The Morgan fingerprint density at radius 3 is 2.26 bits per heavy atom. The summed E-state index contributed by atoms with van der Waals surface area (Å²) in [5.74, 6) is -0.181. The van der Waals surface area contributed by atoms with Gasteiger partial charge in [0.05, 0.1) is 11.0 Å². The van der Waals surface area contributed by atoms with Crippen molar-refractivity contribution < 1.29 is 13.5 Å². The number of nitrogens with one attached hydrogen (secondary N) is 1. The van der Waals surface area contributed by atoms with Gasteiger partial charge in [0.25, 0.3) is 0 Å². The van der Waals surface area contributed by atoms with Gasteiger partial charge in [0.2, 0.25) is 10.0 Å². The predicted molar refractivity (Wildman–Crippen MR) is 76.6 cm³/mol. The second kappa shape index (κ2) is 6.50. The lowest BCUT2D eigenvalue weighted by molar-refractivity contribution is 0.158. The van der Waals surface area contributed by atoms with E-state index < -0.39 is 16.1 Å². The molecule has 2 atom stereocenters. The highest BCUT2D eigenvalue weighted by Gasteiger charge is 2.25. The largest absolute Gasteiger partial charge is 0.393 e. The van der Waals surface area contributed by atoms with Crippen LogP contribution in [0.2, 0.25) is 0 Å². The van der Waals surface area contributed by atoms with E-state index in [1.54, 1.807) is 45.0 Å². The van der Waals surface area contributed by atoms with Crippen LogP contribution in [-0.2, 0) is 10.0 Å². The fraction of sp³-hybridized carbons (Fsp3) is 0.571. The number of hydrogen-bond donors (Lipinski definition) is 2. The molecule has 0 fully saturated rings. The van der Waals surface area contributed by atoms with Gasteiger partial charge < -0.3 is 5.11 Å². The topological polar surface area (TPSA) is 66.4 Å². The van der Waals surface area contributed by atoms with Crippen molar-refractivity contribution in [2.75, 3.05) is 0 Å². The summed E-state index contributed by atoms with van der Waals surface area (Å²) in [6.45, 7) is 7.20. The SMILES string of the molecule is CCC(c1ccccc1S(=O)(=O)NC(C)C)C(C)O. The van der Waals surface area contributed by atoms with Crippen molar-refractivity contribution in [3.8, 4) is 0 Å². The maximum absolute atomic E-state index is 12.3. The van der Waals surface area contributed by atoms with E-state index in [1.165, 1.54) is 0 Å². The molecule has 108 valence electrons. The van der Waals surface area contributed by atoms with E-state index in [9.17, 15) is 13.5 Å². The smallest absolute Gasteiger partial charge is 0.241 e. The molecule has 1 rings (SSSR count). The van der Waals surface area contributed by atoms with E-state index in [2.05, 4.69) is 4.72 Å². The number of aliphatic hydroxyl groups excluding tert-OH is 1. The molecule has 0 aliphatic carbocycles. The summed E-state index contributed by atoms with van der Waals surface area (Å²) in [5.41, 5.74) is 0.674. The minimum Gasteiger partial charge on any atom is -0.393 e. The standard InChI is InChI=1S/C14H23NO3S/c1-5-12(11(4)16)13-8-6-7-9-14(13)19(17,18)15-10(2)3/h6-12,15-16H,5H2,1-4H3. The summed E-state index contributed by atoms with van der Waals surface area (Å²) >= 11 is 0. The molecule has 0 aliphatic heterocycles. The van der Waals surface area contributed by atoms with Crippen LogP contribution in [0.4, 0.5) is 0 Å². The Kier molecular flexibility index (Phi) is 5.52. The quantitative estimate of drug-likeness (QED) is 0.842. The molecule has 1 aromatic carbocycles. The van der Waals surface area contributed by atoms with Crippen LogP contribution in [0.5, 0.6) is 0 Å². The van der Waals surface area contributed by atoms with Gasteiger partial charge in [-0.2, -0.15) is 0 Å². The monoisotopic (exact) mass is 285 g/mol. The first-order chi connectivity index (χ1) is 8.79. The molecule has 5 heteroatoms. The third kappa shape index (κ3) is 4.03. The maximum atomic E-state index is 12.3. The second-order valence-electron chi connectivity index (χ2n) is 5.07. The lowest BCUT2D eigenvalue weighted by Crippen LogP contribution is -2.31. The van der Waals surface area contributed by atoms with Crippen LogP contribution in [0.15, 0.2) is 29.2 Å². The highest BCUT2D eigenvalue weighted by Crippen LogP contribution is 2.29. The summed E-state index contributed by atoms with van der Waals surface area (Å²) in [4.78, 5) is 0.261. The molecule has 0 amide bonds. The Bertz CT molecular complexity index is 509. The van der Waals surface area contributed by atoms with Gasteiger partial charge in [-0.25, -0.2) is 13.1 Å². The first-order valence-electron chi connectivity index (χ1n) is 6.59. The number of aliphatic hydroxyl groups is 1. The van der Waals surface area contributed by atoms with Crippen LogP contribution in [0, 0.1) is 0 Å². The van der Waals surface area contributed by atoms with Gasteiger partial charge in [0.1, 0.15) is 0 Å². The first kappa shape index (κ1) is 16.1. The second-order valence-corrected chi connectivity index (χ2v) is 6.75. The minimum atomic E-state index is -3.54. The van der Waals surface area contributed by atoms with E-state index in [0.717, 1.165) is 0 Å².